The summed E-state index contributed by atoms with van der Waals surface area (Å²) in [5.41, 5.74) is 2.00. The Kier molecular flexibility index (Phi) is 5.60. The number of rotatable bonds is 5. The number of thioether (sulfide) groups is 1. The molecule has 0 radical (unpaired) electrons. The SMILES string of the molecule is C/C(=N/N=C1\NC(=O)[C@@H](Cc2cccc([N+](=O)[O-])c2)S1)c1ccc(F)cc1. The number of nitrogens with zero attached hydrogens (tertiary/aromatic N) is 3. The first kappa shape index (κ1) is 18.7. The molecule has 0 bridgehead atoms. The second kappa shape index (κ2) is 8.09. The van der Waals surface area contributed by atoms with Crippen molar-refractivity contribution >= 4 is 34.2 Å². The van der Waals surface area contributed by atoms with Crippen LogP contribution >= 0.6 is 11.8 Å². The van der Waals surface area contributed by atoms with E-state index in [4.69, 9.17) is 0 Å². The Balaban J connectivity index is 1.68. The fourth-order valence-electron chi connectivity index (χ4n) is 2.47. The molecule has 1 heterocycles. The number of nitro benzene ring substituents is 1. The van der Waals surface area contributed by atoms with Crippen molar-refractivity contribution in [1.82, 2.24) is 5.32 Å². The lowest BCUT2D eigenvalue weighted by molar-refractivity contribution is -0.384. The summed E-state index contributed by atoms with van der Waals surface area (Å²) in [7, 11) is 0. The molecule has 0 unspecified atom stereocenters. The van der Waals surface area contributed by atoms with E-state index >= 15 is 0 Å². The largest absolute Gasteiger partial charge is 0.303 e. The number of hydrogen-bond acceptors (Lipinski definition) is 6. The highest BCUT2D eigenvalue weighted by atomic mass is 32.2. The summed E-state index contributed by atoms with van der Waals surface area (Å²) in [6.45, 7) is 1.74. The van der Waals surface area contributed by atoms with E-state index in [-0.39, 0.29) is 17.4 Å². The quantitative estimate of drug-likeness (QED) is 0.484. The maximum absolute atomic E-state index is 13.0. The van der Waals surface area contributed by atoms with Gasteiger partial charge in [-0.2, -0.15) is 5.10 Å². The van der Waals surface area contributed by atoms with Crippen LogP contribution in [0.5, 0.6) is 0 Å². The van der Waals surface area contributed by atoms with Crippen molar-refractivity contribution in [2.45, 2.75) is 18.6 Å². The lowest BCUT2D eigenvalue weighted by Gasteiger charge is -2.04. The van der Waals surface area contributed by atoms with Gasteiger partial charge in [-0.3, -0.25) is 14.9 Å². The van der Waals surface area contributed by atoms with Crippen LogP contribution < -0.4 is 5.32 Å². The van der Waals surface area contributed by atoms with Crippen molar-refractivity contribution in [3.05, 3.63) is 75.6 Å². The fourth-order valence-corrected chi connectivity index (χ4v) is 3.43. The first-order chi connectivity index (χ1) is 12.9. The third kappa shape index (κ3) is 4.76. The van der Waals surface area contributed by atoms with Gasteiger partial charge in [-0.15, -0.1) is 5.10 Å². The van der Waals surface area contributed by atoms with E-state index < -0.39 is 10.2 Å². The smallest absolute Gasteiger partial charge is 0.269 e. The Labute approximate surface area is 158 Å². The lowest BCUT2D eigenvalue weighted by atomic mass is 10.1. The summed E-state index contributed by atoms with van der Waals surface area (Å²) >= 11 is 1.22. The average molecular weight is 386 g/mol. The predicted octanol–water partition coefficient (Wildman–Crippen LogP) is 3.29. The standard InChI is InChI=1S/C18H15FN4O3S/c1-11(13-5-7-14(19)8-6-13)21-22-18-20-17(24)16(27-18)10-12-3-2-4-15(9-12)23(25)26/h2-9,16H,10H2,1H3,(H,20,22,24)/b21-11-/t16-/m1/s1. The van der Waals surface area contributed by atoms with Crippen LogP contribution in [0.2, 0.25) is 0 Å². The van der Waals surface area contributed by atoms with E-state index in [1.165, 1.54) is 36.0 Å². The van der Waals surface area contributed by atoms with Gasteiger partial charge < -0.3 is 5.32 Å². The van der Waals surface area contributed by atoms with Gasteiger partial charge in [0, 0.05) is 12.1 Å². The number of nitrogens with one attached hydrogen (secondary N) is 1. The Morgan fingerprint density at radius 1 is 1.30 bits per heavy atom. The van der Waals surface area contributed by atoms with Crippen LogP contribution in [0.25, 0.3) is 0 Å². The zero-order valence-electron chi connectivity index (χ0n) is 14.3. The van der Waals surface area contributed by atoms with Gasteiger partial charge in [0.05, 0.1) is 15.9 Å². The van der Waals surface area contributed by atoms with Gasteiger partial charge in [-0.25, -0.2) is 4.39 Å². The highest BCUT2D eigenvalue weighted by Gasteiger charge is 2.30. The van der Waals surface area contributed by atoms with Crippen molar-refractivity contribution < 1.29 is 14.1 Å². The number of amides is 1. The zero-order chi connectivity index (χ0) is 19.4. The minimum Gasteiger partial charge on any atom is -0.303 e. The molecule has 1 amide bonds. The molecule has 0 aliphatic carbocycles. The topological polar surface area (TPSA) is 97.0 Å². The second-order valence-corrected chi connectivity index (χ2v) is 7.02. The number of carbonyl (C=O) groups is 1. The van der Waals surface area contributed by atoms with Gasteiger partial charge in [-0.1, -0.05) is 36.0 Å². The van der Waals surface area contributed by atoms with E-state index in [0.29, 0.717) is 22.9 Å². The Morgan fingerprint density at radius 2 is 2.04 bits per heavy atom. The molecule has 1 N–H and O–H groups in total. The van der Waals surface area contributed by atoms with Gasteiger partial charge in [0.25, 0.3) is 5.69 Å². The van der Waals surface area contributed by atoms with E-state index in [1.54, 1.807) is 31.2 Å². The number of carbonyl (C=O) groups excluding carboxylic acids is 1. The van der Waals surface area contributed by atoms with Crippen LogP contribution in [0.4, 0.5) is 10.1 Å². The van der Waals surface area contributed by atoms with E-state index in [2.05, 4.69) is 15.5 Å². The molecule has 0 saturated carbocycles. The summed E-state index contributed by atoms with van der Waals surface area (Å²) in [6, 6.07) is 12.1. The van der Waals surface area contributed by atoms with Crippen molar-refractivity contribution in [3.8, 4) is 0 Å². The van der Waals surface area contributed by atoms with Crippen molar-refractivity contribution in [1.29, 1.82) is 0 Å². The third-order valence-electron chi connectivity index (χ3n) is 3.87. The molecule has 1 aliphatic heterocycles. The molecule has 2 aromatic rings. The minimum absolute atomic E-state index is 0.00989. The number of hydrogen-bond donors (Lipinski definition) is 1. The number of nitro groups is 1. The Hall–Kier alpha value is -3.07. The van der Waals surface area contributed by atoms with Gasteiger partial charge in [0.1, 0.15) is 5.82 Å². The number of amidine groups is 1. The van der Waals surface area contributed by atoms with E-state index in [1.807, 2.05) is 0 Å². The Morgan fingerprint density at radius 3 is 2.74 bits per heavy atom. The minimum atomic E-state index is -0.467. The lowest BCUT2D eigenvalue weighted by Crippen LogP contribution is -2.26. The van der Waals surface area contributed by atoms with Crippen molar-refractivity contribution in [2.24, 2.45) is 10.2 Å². The van der Waals surface area contributed by atoms with Crippen LogP contribution in [0, 0.1) is 15.9 Å². The van der Waals surface area contributed by atoms with Crippen molar-refractivity contribution in [3.63, 3.8) is 0 Å². The first-order valence-electron chi connectivity index (χ1n) is 8.01. The van der Waals surface area contributed by atoms with Crippen LogP contribution in [0.1, 0.15) is 18.1 Å². The molecular weight excluding hydrogens is 371 g/mol. The van der Waals surface area contributed by atoms with Gasteiger partial charge in [-0.05, 0) is 36.6 Å². The second-order valence-electron chi connectivity index (χ2n) is 5.82. The number of halogens is 1. The monoisotopic (exact) mass is 386 g/mol. The molecule has 3 rings (SSSR count). The molecule has 2 aromatic carbocycles. The highest BCUT2D eigenvalue weighted by Crippen LogP contribution is 2.25. The summed E-state index contributed by atoms with van der Waals surface area (Å²) in [5.74, 6) is -0.555. The molecule has 0 aromatic heterocycles. The maximum atomic E-state index is 13.0. The fraction of sp³-hybridized carbons (Fsp3) is 0.167. The summed E-state index contributed by atoms with van der Waals surface area (Å²) < 4.78 is 13.0. The van der Waals surface area contributed by atoms with Crippen LogP contribution in [0.15, 0.2) is 58.7 Å². The predicted molar refractivity (Wildman–Crippen MR) is 102 cm³/mol. The normalized spacial score (nSPS) is 18.6. The number of non-ortho nitro benzene ring substituents is 1. The van der Waals surface area contributed by atoms with Gasteiger partial charge in [0.15, 0.2) is 5.17 Å². The van der Waals surface area contributed by atoms with Crippen LogP contribution in [-0.2, 0) is 11.2 Å². The van der Waals surface area contributed by atoms with Crippen LogP contribution in [0.3, 0.4) is 0 Å². The van der Waals surface area contributed by atoms with Gasteiger partial charge >= 0.3 is 0 Å². The van der Waals surface area contributed by atoms with Crippen molar-refractivity contribution in [2.75, 3.05) is 0 Å². The number of benzene rings is 2. The molecule has 1 aliphatic rings. The first-order valence-corrected chi connectivity index (χ1v) is 8.89. The molecular formula is C18H15FN4O3S. The maximum Gasteiger partial charge on any atom is 0.269 e. The molecule has 1 fully saturated rings. The average Bonchev–Trinajstić information content (AvgIpc) is 3.00. The Bertz CT molecular complexity index is 944. The van der Waals surface area contributed by atoms with Gasteiger partial charge in [0.2, 0.25) is 5.91 Å². The molecule has 138 valence electrons. The highest BCUT2D eigenvalue weighted by molar-refractivity contribution is 8.15. The summed E-state index contributed by atoms with van der Waals surface area (Å²) in [6.07, 6.45) is 0.345. The zero-order valence-corrected chi connectivity index (χ0v) is 15.1. The molecule has 7 nitrogen and oxygen atoms in total. The summed E-state index contributed by atoms with van der Waals surface area (Å²) in [4.78, 5) is 22.5. The molecule has 9 heteroatoms. The molecule has 27 heavy (non-hydrogen) atoms. The van der Waals surface area contributed by atoms with E-state index in [9.17, 15) is 19.3 Å². The molecule has 0 spiro atoms. The van der Waals surface area contributed by atoms with Crippen LogP contribution in [-0.4, -0.2) is 27.0 Å². The van der Waals surface area contributed by atoms with E-state index in [0.717, 1.165) is 5.56 Å². The summed E-state index contributed by atoms with van der Waals surface area (Å²) in [5, 5.41) is 21.5. The molecule has 1 saturated heterocycles. The third-order valence-corrected chi connectivity index (χ3v) is 4.94. The molecule has 1 atom stereocenters.